The van der Waals surface area contributed by atoms with Crippen molar-refractivity contribution in [3.8, 4) is 5.75 Å². The molecule has 1 aromatic carbocycles. The van der Waals surface area contributed by atoms with Crippen molar-refractivity contribution in [1.29, 1.82) is 0 Å². The molecule has 1 rings (SSSR count). The Hall–Kier alpha value is 0.402. The summed E-state index contributed by atoms with van der Waals surface area (Å²) >= 11 is 4.39. The summed E-state index contributed by atoms with van der Waals surface area (Å²) in [6.45, 7) is 16.8. The van der Waals surface area contributed by atoms with Crippen molar-refractivity contribution < 1.29 is 25.2 Å². The summed E-state index contributed by atoms with van der Waals surface area (Å²) in [5.41, 5.74) is 0. The first-order chi connectivity index (χ1) is 9.16. The summed E-state index contributed by atoms with van der Waals surface area (Å²) in [7, 11) is -0.215. The van der Waals surface area contributed by atoms with Gasteiger partial charge in [-0.15, -0.1) is 0 Å². The third-order valence-electron chi connectivity index (χ3n) is 2.75. The van der Waals surface area contributed by atoms with Gasteiger partial charge in [0, 0.05) is 20.4 Å². The molecule has 0 aliphatic heterocycles. The average molecular weight is 422 g/mol. The van der Waals surface area contributed by atoms with Crippen LogP contribution in [0.25, 0.3) is 0 Å². The van der Waals surface area contributed by atoms with Gasteiger partial charge in [-0.2, -0.15) is 0 Å². The average Bonchev–Trinajstić information content (AvgIpc) is 2.31. The maximum Gasteiger partial charge on any atom is 0.119 e. The van der Waals surface area contributed by atoms with Gasteiger partial charge in [-0.3, -0.25) is 6.38 Å². The first-order valence-electron chi connectivity index (χ1n) is 6.96. The minimum absolute atomic E-state index is 0. The standard InChI is InChI=1S/C16H27OP.CH2Cl.Pd/c1-8-17-13-9-11-14(12-10-13)18(15(2,3)4)16(5,6)7;1-2;/h9-12H,8H2,1-7H3;1H2;/q;-1;. The summed E-state index contributed by atoms with van der Waals surface area (Å²) in [5.74, 6) is 0.971. The van der Waals surface area contributed by atoms with Gasteiger partial charge in [-0.05, 0) is 34.7 Å². The molecule has 0 heterocycles. The Kier molecular flexibility index (Phi) is 11.5. The molecule has 1 aromatic rings. The van der Waals surface area contributed by atoms with Crippen LogP contribution in [0.1, 0.15) is 48.5 Å². The molecule has 0 fully saturated rings. The second-order valence-electron chi connectivity index (χ2n) is 6.60. The van der Waals surface area contributed by atoms with E-state index in [2.05, 4.69) is 83.8 Å². The van der Waals surface area contributed by atoms with E-state index in [9.17, 15) is 0 Å². The van der Waals surface area contributed by atoms with Gasteiger partial charge in [0.2, 0.25) is 0 Å². The van der Waals surface area contributed by atoms with Crippen LogP contribution in [0.3, 0.4) is 0 Å². The van der Waals surface area contributed by atoms with Crippen molar-refractivity contribution in [2.45, 2.75) is 58.8 Å². The maximum atomic E-state index is 5.52. The number of rotatable bonds is 3. The topological polar surface area (TPSA) is 9.23 Å². The summed E-state index contributed by atoms with van der Waals surface area (Å²) in [4.78, 5) is 0. The Balaban J connectivity index is 0. The Bertz CT molecular complexity index is 365. The molecule has 0 saturated carbocycles. The molecule has 0 bridgehead atoms. The number of benzene rings is 1. The van der Waals surface area contributed by atoms with Crippen molar-refractivity contribution in [3.63, 3.8) is 0 Å². The van der Waals surface area contributed by atoms with Crippen LogP contribution in [0.5, 0.6) is 5.75 Å². The zero-order chi connectivity index (χ0) is 16.0. The van der Waals surface area contributed by atoms with Crippen molar-refractivity contribution in [1.82, 2.24) is 0 Å². The summed E-state index contributed by atoms with van der Waals surface area (Å²) in [6.07, 6.45) is 2.72. The fourth-order valence-corrected chi connectivity index (χ4v) is 6.65. The predicted molar refractivity (Wildman–Crippen MR) is 94.9 cm³/mol. The van der Waals surface area contributed by atoms with Crippen LogP contribution in [0.2, 0.25) is 0 Å². The molecule has 0 amide bonds. The molecule has 1 nitrogen and oxygen atoms in total. The molecule has 0 N–H and O–H groups in total. The van der Waals surface area contributed by atoms with E-state index in [0.717, 1.165) is 12.4 Å². The molecule has 0 spiro atoms. The van der Waals surface area contributed by atoms with E-state index < -0.39 is 0 Å². The molecule has 0 aromatic heterocycles. The zero-order valence-corrected chi connectivity index (χ0v) is 17.5. The predicted octanol–water partition coefficient (Wildman–Crippen LogP) is 5.80. The second kappa shape index (κ2) is 10.2. The van der Waals surface area contributed by atoms with Gasteiger partial charge >= 0.3 is 0 Å². The largest absolute Gasteiger partial charge is 0.494 e. The summed E-state index contributed by atoms with van der Waals surface area (Å²) in [6, 6.07) is 8.69. The van der Waals surface area contributed by atoms with Crippen LogP contribution >= 0.6 is 19.5 Å². The molecule has 21 heavy (non-hydrogen) atoms. The van der Waals surface area contributed by atoms with Crippen LogP contribution in [-0.4, -0.2) is 16.9 Å². The molecule has 4 heteroatoms. The molecule has 0 radical (unpaired) electrons. The van der Waals surface area contributed by atoms with E-state index in [0.29, 0.717) is 10.3 Å². The van der Waals surface area contributed by atoms with Gasteiger partial charge < -0.3 is 16.3 Å². The molecule has 126 valence electrons. The first kappa shape index (κ1) is 23.7. The normalized spacial score (nSPS) is 11.3. The van der Waals surface area contributed by atoms with E-state index in [1.807, 2.05) is 6.92 Å². The third kappa shape index (κ3) is 7.99. The van der Waals surface area contributed by atoms with Gasteiger partial charge in [0.15, 0.2) is 0 Å². The molecular weight excluding hydrogens is 393 g/mol. The molecule has 0 unspecified atom stereocenters. The smallest absolute Gasteiger partial charge is 0.119 e. The van der Waals surface area contributed by atoms with E-state index in [1.165, 1.54) is 5.30 Å². The quantitative estimate of drug-likeness (QED) is 0.340. The summed E-state index contributed by atoms with van der Waals surface area (Å²) < 4.78 is 5.52. The van der Waals surface area contributed by atoms with E-state index in [-0.39, 0.29) is 28.3 Å². The maximum absolute atomic E-state index is 5.52. The Labute approximate surface area is 151 Å². The SMILES string of the molecule is CCOc1ccc(P(C(C)(C)C)C(C)(C)C)cc1.[CH2-]Cl.[Pd]. The minimum atomic E-state index is -0.215. The van der Waals surface area contributed by atoms with Crippen molar-refractivity contribution >= 4 is 24.8 Å². The van der Waals surface area contributed by atoms with Crippen LogP contribution < -0.4 is 10.0 Å². The third-order valence-corrected chi connectivity index (χ3v) is 6.25. The van der Waals surface area contributed by atoms with Crippen LogP contribution in [-0.2, 0) is 20.4 Å². The van der Waals surface area contributed by atoms with Gasteiger partial charge in [-0.25, -0.2) is 0 Å². The zero-order valence-electron chi connectivity index (χ0n) is 14.3. The number of hydrogen-bond donors (Lipinski definition) is 0. The number of halogens is 1. The number of ether oxygens (including phenoxy) is 1. The molecule has 0 atom stereocenters. The summed E-state index contributed by atoms with van der Waals surface area (Å²) in [5, 5.41) is 2.11. The van der Waals surface area contributed by atoms with Crippen molar-refractivity contribution in [3.05, 3.63) is 30.6 Å². The molecule has 0 aliphatic rings. The first-order valence-corrected chi connectivity index (χ1v) is 8.84. The fraction of sp³-hybridized carbons (Fsp3) is 0.588. The van der Waals surface area contributed by atoms with Crippen LogP contribution in [0.15, 0.2) is 24.3 Å². The van der Waals surface area contributed by atoms with Gasteiger partial charge in [-0.1, -0.05) is 61.6 Å². The van der Waals surface area contributed by atoms with Gasteiger partial charge in [0.25, 0.3) is 0 Å². The van der Waals surface area contributed by atoms with E-state index in [4.69, 9.17) is 4.74 Å². The molecular formula is C17H29ClOPPd-. The minimum Gasteiger partial charge on any atom is -0.494 e. The Morgan fingerprint density at radius 3 is 1.62 bits per heavy atom. The van der Waals surface area contributed by atoms with Gasteiger partial charge in [0.1, 0.15) is 5.75 Å². The van der Waals surface area contributed by atoms with Crippen molar-refractivity contribution in [2.75, 3.05) is 6.61 Å². The molecule has 0 saturated heterocycles. The fourth-order valence-electron chi connectivity index (χ4n) is 2.64. The monoisotopic (exact) mass is 421 g/mol. The van der Waals surface area contributed by atoms with E-state index >= 15 is 0 Å². The Morgan fingerprint density at radius 1 is 0.952 bits per heavy atom. The number of hydrogen-bond acceptors (Lipinski definition) is 1. The second-order valence-corrected chi connectivity index (χ2v) is 10.5. The van der Waals surface area contributed by atoms with Crippen molar-refractivity contribution in [2.24, 2.45) is 0 Å². The van der Waals surface area contributed by atoms with Crippen LogP contribution in [0, 0.1) is 6.38 Å². The Morgan fingerprint density at radius 2 is 1.33 bits per heavy atom. The van der Waals surface area contributed by atoms with Crippen LogP contribution in [0.4, 0.5) is 0 Å². The van der Waals surface area contributed by atoms with E-state index in [1.54, 1.807) is 0 Å². The molecule has 0 aliphatic carbocycles. The van der Waals surface area contributed by atoms with Gasteiger partial charge in [0.05, 0.1) is 6.61 Å².